The van der Waals surface area contributed by atoms with Crippen LogP contribution in [-0.2, 0) is 19.1 Å². The summed E-state index contributed by atoms with van der Waals surface area (Å²) in [5.74, 6) is -0.441. The Morgan fingerprint density at radius 2 is 1.73 bits per heavy atom. The van der Waals surface area contributed by atoms with Crippen molar-refractivity contribution < 1.29 is 33.0 Å². The molecule has 3 amide bonds. The molecule has 0 unspecified atom stereocenters. The lowest BCUT2D eigenvalue weighted by Gasteiger charge is -2.37. The van der Waals surface area contributed by atoms with Gasteiger partial charge in [0, 0.05) is 29.1 Å². The zero-order valence-electron chi connectivity index (χ0n) is 29.2. The molecule has 1 aliphatic heterocycles. The molecule has 3 atom stereocenters. The van der Waals surface area contributed by atoms with Gasteiger partial charge in [0.25, 0.3) is 0 Å². The highest BCUT2D eigenvalue weighted by molar-refractivity contribution is 6.02. The number of alkyl halides is 1. The first-order valence-electron chi connectivity index (χ1n) is 17.9. The number of H-pyrrole nitrogens is 1. The Balaban J connectivity index is 1.29. The number of nitrogens with one attached hydrogen (secondary N) is 3. The number of carbonyl (C=O) groups is 4. The van der Waals surface area contributed by atoms with Gasteiger partial charge in [0.15, 0.2) is 0 Å². The summed E-state index contributed by atoms with van der Waals surface area (Å²) >= 11 is 0. The molecule has 2 aromatic rings. The van der Waals surface area contributed by atoms with Crippen LogP contribution < -0.4 is 10.6 Å². The number of carbonyl (C=O) groups excluding carboxylic acids is 4. The van der Waals surface area contributed by atoms with E-state index in [4.69, 9.17) is 9.47 Å². The number of aromatic amines is 1. The molecule has 3 aliphatic rings. The van der Waals surface area contributed by atoms with Crippen molar-refractivity contribution in [2.75, 3.05) is 25.1 Å². The molecule has 1 aromatic carbocycles. The number of alkyl carbamates (subject to hydrolysis) is 1. The standard InChI is InChI=1S/C37H53FN4O6/c1-6-47-35(45)31-22(2)28-20-26(16-17-29(28)40-31)39-33(43)32-27(23-10-8-7-9-11-23)18-19-42(32)34(44)25-14-12-24(13-15-25)30(21-38)41-36(46)48-37(3,4)5/h16-17,20,23-25,27,30,32,40H,6-15,18-19,21H2,1-5H3,(H,39,43)(H,41,46)/t24-,25-,27-,30+,32-/m0/s1. The number of benzene rings is 1. The van der Waals surface area contributed by atoms with Gasteiger partial charge in [-0.25, -0.2) is 14.0 Å². The van der Waals surface area contributed by atoms with E-state index in [0.717, 1.165) is 48.6 Å². The first kappa shape index (κ1) is 35.7. The van der Waals surface area contributed by atoms with Crippen molar-refractivity contribution in [3.05, 3.63) is 29.5 Å². The number of hydrogen-bond donors (Lipinski definition) is 3. The Kier molecular flexibility index (Phi) is 11.4. The zero-order valence-corrected chi connectivity index (χ0v) is 29.2. The molecule has 264 valence electrons. The minimum absolute atomic E-state index is 0.000168. The molecule has 3 fully saturated rings. The van der Waals surface area contributed by atoms with Crippen molar-refractivity contribution in [1.82, 2.24) is 15.2 Å². The predicted molar refractivity (Wildman–Crippen MR) is 182 cm³/mol. The van der Waals surface area contributed by atoms with Crippen LogP contribution in [0.4, 0.5) is 14.9 Å². The number of nitrogens with zero attached hydrogens (tertiary/aromatic N) is 1. The normalized spacial score (nSPS) is 24.2. The Hall–Kier alpha value is -3.63. The summed E-state index contributed by atoms with van der Waals surface area (Å²) in [5.41, 5.74) is 1.86. The second-order valence-corrected chi connectivity index (χ2v) is 14.9. The first-order chi connectivity index (χ1) is 22.9. The van der Waals surface area contributed by atoms with Crippen LogP contribution in [0.5, 0.6) is 0 Å². The molecule has 1 aromatic heterocycles. The van der Waals surface area contributed by atoms with Crippen molar-refractivity contribution in [2.45, 2.75) is 117 Å². The smallest absolute Gasteiger partial charge is 0.407 e. The van der Waals surface area contributed by atoms with Gasteiger partial charge in [-0.2, -0.15) is 0 Å². The predicted octanol–water partition coefficient (Wildman–Crippen LogP) is 7.06. The van der Waals surface area contributed by atoms with Crippen LogP contribution in [0.1, 0.15) is 108 Å². The van der Waals surface area contributed by atoms with Crippen LogP contribution in [0.15, 0.2) is 18.2 Å². The maximum absolute atomic E-state index is 14.2. The van der Waals surface area contributed by atoms with E-state index in [0.29, 0.717) is 49.5 Å². The van der Waals surface area contributed by atoms with E-state index in [9.17, 15) is 23.6 Å². The minimum atomic E-state index is -0.696. The van der Waals surface area contributed by atoms with Crippen LogP contribution in [0.3, 0.4) is 0 Å². The summed E-state index contributed by atoms with van der Waals surface area (Å²) in [4.78, 5) is 58.1. The second kappa shape index (κ2) is 15.3. The fraction of sp³-hybridized carbons (Fsp3) is 0.676. The summed E-state index contributed by atoms with van der Waals surface area (Å²) < 4.78 is 24.6. The molecular weight excluding hydrogens is 615 g/mol. The van der Waals surface area contributed by atoms with E-state index in [2.05, 4.69) is 15.6 Å². The molecule has 5 rings (SSSR count). The van der Waals surface area contributed by atoms with Crippen LogP contribution in [-0.4, -0.2) is 71.3 Å². The molecule has 0 radical (unpaired) electrons. The molecule has 1 saturated heterocycles. The van der Waals surface area contributed by atoms with Gasteiger partial charge in [-0.15, -0.1) is 0 Å². The molecular formula is C37H53FN4O6. The number of aromatic nitrogens is 1. The Bertz CT molecular complexity index is 1470. The summed E-state index contributed by atoms with van der Waals surface area (Å²) in [6.45, 7) is 9.04. The van der Waals surface area contributed by atoms with Crippen LogP contribution in [0.25, 0.3) is 10.9 Å². The topological polar surface area (TPSA) is 130 Å². The number of amides is 3. The van der Waals surface area contributed by atoms with Gasteiger partial charge >= 0.3 is 12.1 Å². The fourth-order valence-corrected chi connectivity index (χ4v) is 8.23. The molecule has 2 saturated carbocycles. The minimum Gasteiger partial charge on any atom is -0.461 e. The highest BCUT2D eigenvalue weighted by Gasteiger charge is 2.47. The van der Waals surface area contributed by atoms with Gasteiger partial charge in [-0.1, -0.05) is 32.1 Å². The lowest BCUT2D eigenvalue weighted by Crippen LogP contribution is -2.50. The number of ether oxygens (including phenoxy) is 2. The molecule has 0 bridgehead atoms. The molecule has 48 heavy (non-hydrogen) atoms. The average molecular weight is 669 g/mol. The van der Waals surface area contributed by atoms with E-state index in [1.54, 1.807) is 27.7 Å². The number of fused-ring (bicyclic) bond motifs is 1. The number of hydrogen-bond acceptors (Lipinski definition) is 6. The molecule has 11 heteroatoms. The summed E-state index contributed by atoms with van der Waals surface area (Å²) in [5, 5.41) is 6.65. The quantitative estimate of drug-likeness (QED) is 0.246. The van der Waals surface area contributed by atoms with Crippen molar-refractivity contribution in [1.29, 1.82) is 0 Å². The lowest BCUT2D eigenvalue weighted by molar-refractivity contribution is -0.142. The van der Waals surface area contributed by atoms with E-state index in [-0.39, 0.29) is 36.2 Å². The summed E-state index contributed by atoms with van der Waals surface area (Å²) in [6, 6.07) is 4.30. The first-order valence-corrected chi connectivity index (χ1v) is 17.9. The van der Waals surface area contributed by atoms with Crippen molar-refractivity contribution in [2.24, 2.45) is 23.7 Å². The third-order valence-corrected chi connectivity index (χ3v) is 10.6. The zero-order chi connectivity index (χ0) is 34.6. The SMILES string of the molecule is CCOC(=O)c1[nH]c2ccc(NC(=O)[C@@H]3[C@H](C4CCCCC4)CCN3C(=O)[C@H]3CC[C@H]([C@@H](CF)NC(=O)OC(C)(C)C)CC3)cc2c1C. The van der Waals surface area contributed by atoms with Crippen LogP contribution in [0.2, 0.25) is 0 Å². The van der Waals surface area contributed by atoms with Crippen molar-refractivity contribution in [3.63, 3.8) is 0 Å². The number of rotatable bonds is 9. The maximum Gasteiger partial charge on any atom is 0.407 e. The van der Waals surface area contributed by atoms with Gasteiger partial charge in [0.05, 0.1) is 12.6 Å². The van der Waals surface area contributed by atoms with E-state index < -0.39 is 36.4 Å². The molecule has 2 heterocycles. The fourth-order valence-electron chi connectivity index (χ4n) is 8.23. The third kappa shape index (κ3) is 8.14. The summed E-state index contributed by atoms with van der Waals surface area (Å²) in [6.07, 6.45) is 8.20. The lowest BCUT2D eigenvalue weighted by atomic mass is 9.76. The van der Waals surface area contributed by atoms with E-state index in [1.807, 2.05) is 30.0 Å². The number of aryl methyl sites for hydroxylation is 1. The highest BCUT2D eigenvalue weighted by Crippen LogP contribution is 2.41. The third-order valence-electron chi connectivity index (χ3n) is 10.6. The van der Waals surface area contributed by atoms with Crippen LogP contribution >= 0.6 is 0 Å². The average Bonchev–Trinajstić information content (AvgIpc) is 3.65. The van der Waals surface area contributed by atoms with Crippen molar-refractivity contribution >= 4 is 40.5 Å². The maximum atomic E-state index is 14.2. The Labute approximate surface area is 283 Å². The number of likely N-dealkylation sites (tertiary alicyclic amines) is 1. The van der Waals surface area contributed by atoms with Crippen LogP contribution in [0, 0.1) is 30.6 Å². The molecule has 2 aliphatic carbocycles. The summed E-state index contributed by atoms with van der Waals surface area (Å²) in [7, 11) is 0. The van der Waals surface area contributed by atoms with Gasteiger partial charge in [-0.05, 0) is 108 Å². The Morgan fingerprint density at radius 3 is 2.38 bits per heavy atom. The molecule has 10 nitrogen and oxygen atoms in total. The van der Waals surface area contributed by atoms with Crippen molar-refractivity contribution in [3.8, 4) is 0 Å². The molecule has 3 N–H and O–H groups in total. The Morgan fingerprint density at radius 1 is 1.02 bits per heavy atom. The van der Waals surface area contributed by atoms with Gasteiger partial charge < -0.3 is 30.0 Å². The number of anilines is 1. The van der Waals surface area contributed by atoms with E-state index in [1.165, 1.54) is 6.42 Å². The molecule has 0 spiro atoms. The number of esters is 1. The van der Waals surface area contributed by atoms with Gasteiger partial charge in [-0.3, -0.25) is 9.59 Å². The highest BCUT2D eigenvalue weighted by atomic mass is 19.1. The largest absolute Gasteiger partial charge is 0.461 e. The van der Waals surface area contributed by atoms with Gasteiger partial charge in [0.1, 0.15) is 24.0 Å². The number of halogens is 1. The monoisotopic (exact) mass is 668 g/mol. The second-order valence-electron chi connectivity index (χ2n) is 14.9. The van der Waals surface area contributed by atoms with E-state index >= 15 is 0 Å². The van der Waals surface area contributed by atoms with Gasteiger partial charge in [0.2, 0.25) is 11.8 Å².